The van der Waals surface area contributed by atoms with E-state index in [4.69, 9.17) is 0 Å². The van der Waals surface area contributed by atoms with Gasteiger partial charge in [0.1, 0.15) is 0 Å². The molecular formula is C24H22N4O. The van der Waals surface area contributed by atoms with E-state index in [0.717, 1.165) is 33.3 Å². The summed E-state index contributed by atoms with van der Waals surface area (Å²) in [7, 11) is 0. The molecule has 4 rings (SSSR count). The molecule has 0 aliphatic carbocycles. The minimum atomic E-state index is -0.146. The fourth-order valence-corrected chi connectivity index (χ4v) is 3.26. The standard InChI is InChI=1S/C24H22N4O/c1-16-7-6-10-20(13-16)26-24(29)19-11-12-21-22(14-19)17(2)27-28-23(21)25-15-18-8-4-3-5-9-18/h3-14H,15H2,1-2H3,(H,25,28)(H,26,29). The van der Waals surface area contributed by atoms with Gasteiger partial charge in [0.05, 0.1) is 5.69 Å². The highest BCUT2D eigenvalue weighted by molar-refractivity contribution is 6.07. The second-order valence-electron chi connectivity index (χ2n) is 7.06. The van der Waals surface area contributed by atoms with E-state index in [0.29, 0.717) is 17.9 Å². The molecule has 29 heavy (non-hydrogen) atoms. The first-order valence-electron chi connectivity index (χ1n) is 9.53. The molecule has 1 aromatic heterocycles. The lowest BCUT2D eigenvalue weighted by Gasteiger charge is -2.11. The van der Waals surface area contributed by atoms with Crippen LogP contribution in [0.5, 0.6) is 0 Å². The molecule has 4 aromatic rings. The fraction of sp³-hybridized carbons (Fsp3) is 0.125. The Hall–Kier alpha value is -3.73. The van der Waals surface area contributed by atoms with Crippen molar-refractivity contribution in [2.45, 2.75) is 20.4 Å². The largest absolute Gasteiger partial charge is 0.364 e. The monoisotopic (exact) mass is 382 g/mol. The highest BCUT2D eigenvalue weighted by Gasteiger charge is 2.12. The molecule has 1 amide bonds. The van der Waals surface area contributed by atoms with Crippen LogP contribution in [0.4, 0.5) is 11.5 Å². The maximum absolute atomic E-state index is 12.7. The molecule has 0 radical (unpaired) electrons. The summed E-state index contributed by atoms with van der Waals surface area (Å²) < 4.78 is 0. The maximum atomic E-state index is 12.7. The third-order valence-corrected chi connectivity index (χ3v) is 4.81. The summed E-state index contributed by atoms with van der Waals surface area (Å²) in [6, 6.07) is 23.5. The number of carbonyl (C=O) groups is 1. The molecular weight excluding hydrogens is 360 g/mol. The van der Waals surface area contributed by atoms with Gasteiger partial charge in [-0.15, -0.1) is 5.10 Å². The van der Waals surface area contributed by atoms with Crippen molar-refractivity contribution in [3.05, 3.63) is 95.2 Å². The molecule has 0 fully saturated rings. The normalized spacial score (nSPS) is 10.7. The van der Waals surface area contributed by atoms with E-state index in [9.17, 15) is 4.79 Å². The Bertz CT molecular complexity index is 1170. The van der Waals surface area contributed by atoms with Crippen molar-refractivity contribution < 1.29 is 4.79 Å². The third kappa shape index (κ3) is 4.24. The van der Waals surface area contributed by atoms with Crippen molar-refractivity contribution in [3.8, 4) is 0 Å². The van der Waals surface area contributed by atoms with Gasteiger partial charge in [-0.2, -0.15) is 5.10 Å². The zero-order valence-corrected chi connectivity index (χ0v) is 16.4. The highest BCUT2D eigenvalue weighted by Crippen LogP contribution is 2.25. The van der Waals surface area contributed by atoms with Crippen molar-refractivity contribution in [3.63, 3.8) is 0 Å². The van der Waals surface area contributed by atoms with Crippen molar-refractivity contribution in [1.82, 2.24) is 10.2 Å². The number of aryl methyl sites for hydroxylation is 2. The molecule has 2 N–H and O–H groups in total. The lowest BCUT2D eigenvalue weighted by atomic mass is 10.1. The Morgan fingerprint density at radius 1 is 0.862 bits per heavy atom. The summed E-state index contributed by atoms with van der Waals surface area (Å²) in [5, 5.41) is 16.7. The molecule has 0 atom stereocenters. The zero-order valence-electron chi connectivity index (χ0n) is 16.4. The first-order valence-corrected chi connectivity index (χ1v) is 9.53. The summed E-state index contributed by atoms with van der Waals surface area (Å²) in [6.45, 7) is 4.56. The van der Waals surface area contributed by atoms with Gasteiger partial charge in [-0.1, -0.05) is 42.5 Å². The Kier molecular flexibility index (Phi) is 5.20. The van der Waals surface area contributed by atoms with Crippen LogP contribution in [0.15, 0.2) is 72.8 Å². The van der Waals surface area contributed by atoms with Gasteiger partial charge < -0.3 is 10.6 Å². The zero-order chi connectivity index (χ0) is 20.2. The lowest BCUT2D eigenvalue weighted by Crippen LogP contribution is -2.12. The molecule has 0 aliphatic heterocycles. The van der Waals surface area contributed by atoms with Crippen LogP contribution in [0.2, 0.25) is 0 Å². The predicted octanol–water partition coefficient (Wildman–Crippen LogP) is 5.11. The predicted molar refractivity (Wildman–Crippen MR) is 117 cm³/mol. The smallest absolute Gasteiger partial charge is 0.255 e. The first kappa shape index (κ1) is 18.6. The van der Waals surface area contributed by atoms with Crippen LogP contribution >= 0.6 is 0 Å². The van der Waals surface area contributed by atoms with E-state index in [-0.39, 0.29) is 5.91 Å². The van der Waals surface area contributed by atoms with Crippen LogP contribution in [0, 0.1) is 13.8 Å². The average Bonchev–Trinajstić information content (AvgIpc) is 2.74. The molecule has 3 aromatic carbocycles. The van der Waals surface area contributed by atoms with Crippen LogP contribution in [-0.4, -0.2) is 16.1 Å². The topological polar surface area (TPSA) is 66.9 Å². The summed E-state index contributed by atoms with van der Waals surface area (Å²) in [5.41, 5.74) is 4.42. The number of benzene rings is 3. The number of aromatic nitrogens is 2. The second-order valence-corrected chi connectivity index (χ2v) is 7.06. The van der Waals surface area contributed by atoms with E-state index >= 15 is 0 Å². The van der Waals surface area contributed by atoms with Gasteiger partial charge in [0.2, 0.25) is 0 Å². The van der Waals surface area contributed by atoms with E-state index in [1.165, 1.54) is 0 Å². The van der Waals surface area contributed by atoms with E-state index in [1.54, 1.807) is 0 Å². The number of amides is 1. The van der Waals surface area contributed by atoms with Crippen molar-refractivity contribution in [2.75, 3.05) is 10.6 Å². The number of hydrogen-bond acceptors (Lipinski definition) is 4. The quantitative estimate of drug-likeness (QED) is 0.503. The Morgan fingerprint density at radius 3 is 2.48 bits per heavy atom. The van der Waals surface area contributed by atoms with Crippen LogP contribution in [0.25, 0.3) is 10.8 Å². The molecule has 0 aliphatic rings. The number of rotatable bonds is 5. The minimum Gasteiger partial charge on any atom is -0.364 e. The lowest BCUT2D eigenvalue weighted by molar-refractivity contribution is 0.102. The average molecular weight is 382 g/mol. The first-order chi connectivity index (χ1) is 14.1. The molecule has 5 nitrogen and oxygen atoms in total. The Morgan fingerprint density at radius 2 is 1.69 bits per heavy atom. The van der Waals surface area contributed by atoms with Crippen LogP contribution in [0.3, 0.4) is 0 Å². The summed E-state index contributed by atoms with van der Waals surface area (Å²) in [6.07, 6.45) is 0. The molecule has 0 saturated carbocycles. The Labute approximate surface area is 169 Å². The third-order valence-electron chi connectivity index (χ3n) is 4.81. The molecule has 0 bridgehead atoms. The van der Waals surface area contributed by atoms with Crippen molar-refractivity contribution >= 4 is 28.2 Å². The van der Waals surface area contributed by atoms with Gasteiger partial charge in [0.25, 0.3) is 5.91 Å². The highest BCUT2D eigenvalue weighted by atomic mass is 16.1. The van der Waals surface area contributed by atoms with Gasteiger partial charge in [0.15, 0.2) is 5.82 Å². The number of hydrogen-bond donors (Lipinski definition) is 2. The number of carbonyl (C=O) groups excluding carboxylic acids is 1. The van der Waals surface area contributed by atoms with Crippen molar-refractivity contribution in [2.24, 2.45) is 0 Å². The van der Waals surface area contributed by atoms with Crippen molar-refractivity contribution in [1.29, 1.82) is 0 Å². The molecule has 5 heteroatoms. The molecule has 0 saturated heterocycles. The summed E-state index contributed by atoms with van der Waals surface area (Å²) >= 11 is 0. The van der Waals surface area contributed by atoms with E-state index in [2.05, 4.69) is 33.0 Å². The van der Waals surface area contributed by atoms with Gasteiger partial charge in [-0.25, -0.2) is 0 Å². The van der Waals surface area contributed by atoms with Gasteiger partial charge in [-0.05, 0) is 55.3 Å². The summed E-state index contributed by atoms with van der Waals surface area (Å²) in [4.78, 5) is 12.7. The number of anilines is 2. The van der Waals surface area contributed by atoms with Crippen LogP contribution < -0.4 is 10.6 Å². The Balaban J connectivity index is 1.60. The van der Waals surface area contributed by atoms with Crippen LogP contribution in [-0.2, 0) is 6.54 Å². The molecule has 0 unspecified atom stereocenters. The molecule has 144 valence electrons. The number of nitrogens with zero attached hydrogens (tertiary/aromatic N) is 2. The number of fused-ring (bicyclic) bond motifs is 1. The summed E-state index contributed by atoms with van der Waals surface area (Å²) in [5.74, 6) is 0.563. The van der Waals surface area contributed by atoms with Crippen LogP contribution in [0.1, 0.15) is 27.2 Å². The minimum absolute atomic E-state index is 0.146. The fourth-order valence-electron chi connectivity index (χ4n) is 3.26. The van der Waals surface area contributed by atoms with Gasteiger partial charge in [0, 0.05) is 28.6 Å². The van der Waals surface area contributed by atoms with E-state index in [1.807, 2.05) is 74.5 Å². The SMILES string of the molecule is Cc1cccc(NC(=O)c2ccc3c(NCc4ccccc4)nnc(C)c3c2)c1. The van der Waals surface area contributed by atoms with E-state index < -0.39 is 0 Å². The molecule has 1 heterocycles. The van der Waals surface area contributed by atoms with Gasteiger partial charge >= 0.3 is 0 Å². The van der Waals surface area contributed by atoms with Gasteiger partial charge in [-0.3, -0.25) is 4.79 Å². The maximum Gasteiger partial charge on any atom is 0.255 e. The number of nitrogens with one attached hydrogen (secondary N) is 2. The molecule has 0 spiro atoms. The second kappa shape index (κ2) is 8.10.